The van der Waals surface area contributed by atoms with Crippen LogP contribution in [0.3, 0.4) is 0 Å². The molecule has 0 aliphatic rings. The van der Waals surface area contributed by atoms with Crippen molar-refractivity contribution < 1.29 is 9.59 Å². The third-order valence-electron chi connectivity index (χ3n) is 3.11. The SMILES string of the molecule is CC(=O)Nc1ccc(C(=O)Nc2cc(C)ccc2C)cc1. The van der Waals surface area contributed by atoms with Crippen LogP contribution in [-0.2, 0) is 4.79 Å². The Hall–Kier alpha value is -2.62. The second kappa shape index (κ2) is 6.22. The molecule has 2 rings (SSSR count). The highest BCUT2D eigenvalue weighted by Gasteiger charge is 2.08. The maximum Gasteiger partial charge on any atom is 0.255 e. The molecule has 0 aliphatic heterocycles. The molecule has 0 unspecified atom stereocenters. The minimum atomic E-state index is -0.168. The van der Waals surface area contributed by atoms with E-state index in [4.69, 9.17) is 0 Å². The molecule has 0 heterocycles. The standard InChI is InChI=1S/C17H18N2O2/c1-11-4-5-12(2)16(10-11)19-17(21)14-6-8-15(9-7-14)18-13(3)20/h4-10H,1-3H3,(H,18,20)(H,19,21). The third-order valence-corrected chi connectivity index (χ3v) is 3.11. The molecule has 4 nitrogen and oxygen atoms in total. The Labute approximate surface area is 124 Å². The number of carbonyl (C=O) groups excluding carboxylic acids is 2. The molecule has 0 aliphatic carbocycles. The van der Waals surface area contributed by atoms with Crippen molar-refractivity contribution in [2.75, 3.05) is 10.6 Å². The van der Waals surface area contributed by atoms with Crippen LogP contribution in [-0.4, -0.2) is 11.8 Å². The number of rotatable bonds is 3. The highest BCUT2D eigenvalue weighted by molar-refractivity contribution is 6.05. The zero-order valence-corrected chi connectivity index (χ0v) is 12.4. The van der Waals surface area contributed by atoms with Gasteiger partial charge in [-0.3, -0.25) is 9.59 Å². The van der Waals surface area contributed by atoms with Crippen LogP contribution in [0, 0.1) is 13.8 Å². The molecule has 0 bridgehead atoms. The minimum absolute atomic E-state index is 0.136. The summed E-state index contributed by atoms with van der Waals surface area (Å²) >= 11 is 0. The van der Waals surface area contributed by atoms with E-state index in [0.29, 0.717) is 11.3 Å². The molecule has 0 spiro atoms. The lowest BCUT2D eigenvalue weighted by atomic mass is 10.1. The zero-order chi connectivity index (χ0) is 15.4. The van der Waals surface area contributed by atoms with Gasteiger partial charge in [-0.25, -0.2) is 0 Å². The summed E-state index contributed by atoms with van der Waals surface area (Å²) < 4.78 is 0. The molecular formula is C17H18N2O2. The molecule has 0 aromatic heterocycles. The second-order valence-electron chi connectivity index (χ2n) is 5.03. The molecule has 2 amide bonds. The van der Waals surface area contributed by atoms with E-state index in [1.54, 1.807) is 24.3 Å². The molecule has 2 aromatic carbocycles. The molecule has 108 valence electrons. The molecule has 0 saturated heterocycles. The van der Waals surface area contributed by atoms with Crippen molar-refractivity contribution in [2.45, 2.75) is 20.8 Å². The Kier molecular flexibility index (Phi) is 4.38. The van der Waals surface area contributed by atoms with E-state index < -0.39 is 0 Å². The molecule has 4 heteroatoms. The van der Waals surface area contributed by atoms with Crippen LogP contribution < -0.4 is 10.6 Å². The van der Waals surface area contributed by atoms with Gasteiger partial charge in [-0.05, 0) is 55.3 Å². The summed E-state index contributed by atoms with van der Waals surface area (Å²) in [4.78, 5) is 23.2. The first kappa shape index (κ1) is 14.8. The highest BCUT2D eigenvalue weighted by Crippen LogP contribution is 2.18. The molecule has 0 radical (unpaired) electrons. The predicted octanol–water partition coefficient (Wildman–Crippen LogP) is 3.51. The lowest BCUT2D eigenvalue weighted by Crippen LogP contribution is -2.13. The van der Waals surface area contributed by atoms with Crippen molar-refractivity contribution >= 4 is 23.2 Å². The van der Waals surface area contributed by atoms with Crippen molar-refractivity contribution in [2.24, 2.45) is 0 Å². The second-order valence-corrected chi connectivity index (χ2v) is 5.03. The Morgan fingerprint density at radius 1 is 0.905 bits per heavy atom. The fourth-order valence-electron chi connectivity index (χ4n) is 1.97. The van der Waals surface area contributed by atoms with Gasteiger partial charge < -0.3 is 10.6 Å². The van der Waals surface area contributed by atoms with Gasteiger partial charge in [0.15, 0.2) is 0 Å². The van der Waals surface area contributed by atoms with E-state index in [9.17, 15) is 9.59 Å². The van der Waals surface area contributed by atoms with Crippen molar-refractivity contribution in [3.8, 4) is 0 Å². The molecule has 0 atom stereocenters. The summed E-state index contributed by atoms with van der Waals surface area (Å²) in [7, 11) is 0. The molecule has 2 aromatic rings. The molecule has 0 fully saturated rings. The summed E-state index contributed by atoms with van der Waals surface area (Å²) in [5.74, 6) is -0.305. The molecule has 21 heavy (non-hydrogen) atoms. The van der Waals surface area contributed by atoms with Crippen LogP contribution in [0.5, 0.6) is 0 Å². The number of hydrogen-bond donors (Lipinski definition) is 2. The van der Waals surface area contributed by atoms with Crippen LogP contribution in [0.15, 0.2) is 42.5 Å². The summed E-state index contributed by atoms with van der Waals surface area (Å²) in [6.07, 6.45) is 0. The van der Waals surface area contributed by atoms with Crippen LogP contribution in [0.25, 0.3) is 0 Å². The Bertz CT molecular complexity index is 676. The summed E-state index contributed by atoms with van der Waals surface area (Å²) in [5, 5.41) is 5.57. The number of amides is 2. The number of anilines is 2. The number of aryl methyl sites for hydroxylation is 2. The molecular weight excluding hydrogens is 264 g/mol. The third kappa shape index (κ3) is 3.92. The van der Waals surface area contributed by atoms with Gasteiger partial charge >= 0.3 is 0 Å². The van der Waals surface area contributed by atoms with E-state index >= 15 is 0 Å². The average molecular weight is 282 g/mol. The first-order valence-corrected chi connectivity index (χ1v) is 6.72. The topological polar surface area (TPSA) is 58.2 Å². The van der Waals surface area contributed by atoms with E-state index in [2.05, 4.69) is 10.6 Å². The first-order chi connectivity index (χ1) is 9.95. The van der Waals surface area contributed by atoms with Crippen LogP contribution in [0.4, 0.5) is 11.4 Å². The Morgan fingerprint density at radius 3 is 2.19 bits per heavy atom. The van der Waals surface area contributed by atoms with Gasteiger partial charge in [0.25, 0.3) is 5.91 Å². The summed E-state index contributed by atoms with van der Waals surface area (Å²) in [6, 6.07) is 12.7. The number of benzene rings is 2. The van der Waals surface area contributed by atoms with E-state index in [-0.39, 0.29) is 11.8 Å². The smallest absolute Gasteiger partial charge is 0.255 e. The van der Waals surface area contributed by atoms with Crippen molar-refractivity contribution in [3.05, 3.63) is 59.2 Å². The maximum atomic E-state index is 12.2. The van der Waals surface area contributed by atoms with Crippen LogP contribution >= 0.6 is 0 Å². The quantitative estimate of drug-likeness (QED) is 0.905. The molecule has 0 saturated carbocycles. The first-order valence-electron chi connectivity index (χ1n) is 6.72. The van der Waals surface area contributed by atoms with Crippen molar-refractivity contribution in [1.29, 1.82) is 0 Å². The summed E-state index contributed by atoms with van der Waals surface area (Å²) in [6.45, 7) is 5.38. The van der Waals surface area contributed by atoms with Gasteiger partial charge in [0.05, 0.1) is 0 Å². The number of hydrogen-bond acceptors (Lipinski definition) is 2. The average Bonchev–Trinajstić information content (AvgIpc) is 2.43. The van der Waals surface area contributed by atoms with Crippen molar-refractivity contribution in [1.82, 2.24) is 0 Å². The predicted molar refractivity (Wildman–Crippen MR) is 84.6 cm³/mol. The van der Waals surface area contributed by atoms with Crippen LogP contribution in [0.1, 0.15) is 28.4 Å². The fraction of sp³-hybridized carbons (Fsp3) is 0.176. The monoisotopic (exact) mass is 282 g/mol. The van der Waals surface area contributed by atoms with Crippen LogP contribution in [0.2, 0.25) is 0 Å². The van der Waals surface area contributed by atoms with E-state index in [0.717, 1.165) is 16.8 Å². The largest absolute Gasteiger partial charge is 0.326 e. The van der Waals surface area contributed by atoms with Gasteiger partial charge in [-0.15, -0.1) is 0 Å². The van der Waals surface area contributed by atoms with Crippen molar-refractivity contribution in [3.63, 3.8) is 0 Å². The summed E-state index contributed by atoms with van der Waals surface area (Å²) in [5.41, 5.74) is 4.14. The van der Waals surface area contributed by atoms with E-state index in [1.807, 2.05) is 32.0 Å². The Morgan fingerprint density at radius 2 is 1.57 bits per heavy atom. The number of nitrogens with one attached hydrogen (secondary N) is 2. The zero-order valence-electron chi connectivity index (χ0n) is 12.4. The minimum Gasteiger partial charge on any atom is -0.326 e. The lowest BCUT2D eigenvalue weighted by Gasteiger charge is -2.10. The number of carbonyl (C=O) groups is 2. The lowest BCUT2D eigenvalue weighted by molar-refractivity contribution is -0.114. The van der Waals surface area contributed by atoms with Gasteiger partial charge in [-0.1, -0.05) is 12.1 Å². The van der Waals surface area contributed by atoms with E-state index in [1.165, 1.54) is 6.92 Å². The van der Waals surface area contributed by atoms with Gasteiger partial charge in [0, 0.05) is 23.9 Å². The normalized spacial score (nSPS) is 10.0. The highest BCUT2D eigenvalue weighted by atomic mass is 16.2. The molecule has 2 N–H and O–H groups in total. The van der Waals surface area contributed by atoms with Gasteiger partial charge in [0.2, 0.25) is 5.91 Å². The maximum absolute atomic E-state index is 12.2. The van der Waals surface area contributed by atoms with Gasteiger partial charge in [-0.2, -0.15) is 0 Å². The Balaban J connectivity index is 2.13. The fourth-order valence-corrected chi connectivity index (χ4v) is 1.97. The van der Waals surface area contributed by atoms with Gasteiger partial charge in [0.1, 0.15) is 0 Å².